The molecule has 0 atom stereocenters. The first-order valence-corrected chi connectivity index (χ1v) is 12.3. The van der Waals surface area contributed by atoms with E-state index >= 15 is 0 Å². The molecule has 1 aliphatic carbocycles. The third kappa shape index (κ3) is 4.30. The Bertz CT molecular complexity index is 1370. The second-order valence-corrected chi connectivity index (χ2v) is 10.3. The van der Waals surface area contributed by atoms with Crippen molar-refractivity contribution in [3.63, 3.8) is 0 Å². The van der Waals surface area contributed by atoms with Crippen LogP contribution >= 0.6 is 0 Å². The zero-order valence-electron chi connectivity index (χ0n) is 21.0. The van der Waals surface area contributed by atoms with Gasteiger partial charge in [0, 0.05) is 50.0 Å². The minimum Gasteiger partial charge on any atom is -0.495 e. The normalized spacial score (nSPS) is 17.0. The number of nitrogens with zero attached hydrogens (tertiary/aromatic N) is 3. The average molecular weight is 486 g/mol. The summed E-state index contributed by atoms with van der Waals surface area (Å²) in [7, 11) is 1.65. The zero-order chi connectivity index (χ0) is 25.4. The molecule has 3 aromatic rings. The lowest BCUT2D eigenvalue weighted by molar-refractivity contribution is 0.0742. The van der Waals surface area contributed by atoms with Crippen molar-refractivity contribution >= 4 is 17.4 Å². The molecule has 5 rings (SSSR count). The lowest BCUT2D eigenvalue weighted by Crippen LogP contribution is -2.50. The van der Waals surface area contributed by atoms with Gasteiger partial charge in [0.2, 0.25) is 0 Å². The number of anilines is 1. The Morgan fingerprint density at radius 3 is 2.25 bits per heavy atom. The number of amides is 1. The summed E-state index contributed by atoms with van der Waals surface area (Å²) in [5.41, 5.74) is 2.14. The summed E-state index contributed by atoms with van der Waals surface area (Å²) in [6.45, 7) is 6.22. The van der Waals surface area contributed by atoms with Crippen molar-refractivity contribution in [1.29, 1.82) is 0 Å². The molecule has 7 nitrogen and oxygen atoms in total. The van der Waals surface area contributed by atoms with Crippen LogP contribution < -0.4 is 15.2 Å². The van der Waals surface area contributed by atoms with Crippen LogP contribution in [0.5, 0.6) is 5.75 Å². The number of methoxy groups -OCH3 is 1. The Balaban J connectivity index is 1.52. The van der Waals surface area contributed by atoms with Crippen molar-refractivity contribution in [1.82, 2.24) is 9.47 Å². The molecule has 1 aliphatic heterocycles. The van der Waals surface area contributed by atoms with Crippen LogP contribution in [0.1, 0.15) is 46.5 Å². The maximum atomic E-state index is 13.9. The molecular formula is C29H31N3O4. The molecule has 1 amide bonds. The highest BCUT2D eigenvalue weighted by Gasteiger charge is 2.37. The van der Waals surface area contributed by atoms with Crippen molar-refractivity contribution in [2.75, 3.05) is 38.2 Å². The summed E-state index contributed by atoms with van der Waals surface area (Å²) in [5, 5.41) is 0. The molecule has 7 heteroatoms. The quantitative estimate of drug-likeness (QED) is 0.559. The van der Waals surface area contributed by atoms with Crippen LogP contribution in [0.2, 0.25) is 0 Å². The highest BCUT2D eigenvalue weighted by atomic mass is 16.5. The van der Waals surface area contributed by atoms with Gasteiger partial charge in [-0.15, -0.1) is 0 Å². The lowest BCUT2D eigenvalue weighted by atomic mass is 9.73. The number of hydrogen-bond acceptors (Lipinski definition) is 5. The van der Waals surface area contributed by atoms with E-state index < -0.39 is 0 Å². The van der Waals surface area contributed by atoms with Crippen molar-refractivity contribution in [2.24, 2.45) is 5.41 Å². The number of ether oxygens (including phenoxy) is 1. The number of piperazine rings is 1. The summed E-state index contributed by atoms with van der Waals surface area (Å²) in [6, 6.07) is 17.0. The Kier molecular flexibility index (Phi) is 6.16. The van der Waals surface area contributed by atoms with Gasteiger partial charge in [-0.2, -0.15) is 0 Å². The third-order valence-electron chi connectivity index (χ3n) is 7.15. The molecule has 36 heavy (non-hydrogen) atoms. The molecule has 0 unspecified atom stereocenters. The number of pyridine rings is 1. The van der Waals surface area contributed by atoms with Gasteiger partial charge in [-0.25, -0.2) is 0 Å². The lowest BCUT2D eigenvalue weighted by Gasteiger charge is -2.37. The molecule has 2 aliphatic rings. The van der Waals surface area contributed by atoms with Gasteiger partial charge in [-0.3, -0.25) is 19.0 Å². The van der Waals surface area contributed by atoms with Crippen LogP contribution in [0.15, 0.2) is 65.6 Å². The van der Waals surface area contributed by atoms with Crippen molar-refractivity contribution in [2.45, 2.75) is 26.7 Å². The number of carbonyl (C=O) groups excluding carboxylic acids is 2. The summed E-state index contributed by atoms with van der Waals surface area (Å²) in [4.78, 5) is 44.8. The summed E-state index contributed by atoms with van der Waals surface area (Å²) in [5.74, 6) is 0.466. The molecule has 0 radical (unpaired) electrons. The van der Waals surface area contributed by atoms with E-state index in [0.29, 0.717) is 55.8 Å². The van der Waals surface area contributed by atoms with E-state index in [1.54, 1.807) is 18.2 Å². The SMILES string of the molecule is COc1ccccc1N1CCN(C(=O)c2c3c(cn(-c4ccccc4)c2=O)C(=O)CC(C)(C)C3)CC1. The first-order chi connectivity index (χ1) is 17.3. The van der Waals surface area contributed by atoms with Crippen LogP contribution in [0.4, 0.5) is 5.69 Å². The summed E-state index contributed by atoms with van der Waals surface area (Å²) >= 11 is 0. The number of ketones is 1. The van der Waals surface area contributed by atoms with Crippen LogP contribution in [-0.2, 0) is 6.42 Å². The Morgan fingerprint density at radius 1 is 0.889 bits per heavy atom. The maximum absolute atomic E-state index is 13.9. The van der Waals surface area contributed by atoms with Crippen molar-refractivity contribution in [3.05, 3.63) is 87.8 Å². The Hall–Kier alpha value is -3.87. The topological polar surface area (TPSA) is 71.8 Å². The highest BCUT2D eigenvalue weighted by Crippen LogP contribution is 2.36. The van der Waals surface area contributed by atoms with E-state index in [9.17, 15) is 14.4 Å². The molecule has 0 bridgehead atoms. The van der Waals surface area contributed by atoms with E-state index in [1.165, 1.54) is 4.57 Å². The molecule has 1 saturated heterocycles. The van der Waals surface area contributed by atoms with Crippen LogP contribution in [0, 0.1) is 5.41 Å². The number of hydrogen-bond donors (Lipinski definition) is 0. The molecule has 0 spiro atoms. The van der Waals surface area contributed by atoms with Crippen LogP contribution in [-0.4, -0.2) is 54.4 Å². The number of fused-ring (bicyclic) bond motifs is 1. The standard InChI is InChI=1S/C29H31N3O4/c1-29(2)17-21-22(24(33)18-29)19-32(20-9-5-4-6-10-20)28(35)26(21)27(34)31-15-13-30(14-16-31)23-11-7-8-12-25(23)36-3/h4-12,19H,13-18H2,1-3H3. The van der Waals surface area contributed by atoms with E-state index in [1.807, 2.05) is 68.4 Å². The van der Waals surface area contributed by atoms with Gasteiger partial charge in [0.15, 0.2) is 5.78 Å². The predicted molar refractivity (Wildman–Crippen MR) is 140 cm³/mol. The summed E-state index contributed by atoms with van der Waals surface area (Å²) in [6.07, 6.45) is 2.53. The molecule has 186 valence electrons. The Labute approximate surface area is 210 Å². The van der Waals surface area contributed by atoms with Gasteiger partial charge in [0.25, 0.3) is 11.5 Å². The molecule has 1 aromatic heterocycles. The minimum atomic E-state index is -0.373. The second kappa shape index (κ2) is 9.30. The molecule has 0 N–H and O–H groups in total. The first-order valence-electron chi connectivity index (χ1n) is 12.3. The molecular weight excluding hydrogens is 454 g/mol. The van der Waals surface area contributed by atoms with Gasteiger partial charge in [-0.05, 0) is 41.7 Å². The molecule has 0 saturated carbocycles. The van der Waals surface area contributed by atoms with Crippen molar-refractivity contribution in [3.8, 4) is 11.4 Å². The fraction of sp³-hybridized carbons (Fsp3) is 0.345. The number of carbonyl (C=O) groups is 2. The maximum Gasteiger partial charge on any atom is 0.268 e. The molecule has 1 fully saturated rings. The van der Waals surface area contributed by atoms with E-state index in [-0.39, 0.29) is 28.2 Å². The highest BCUT2D eigenvalue weighted by molar-refractivity contribution is 6.04. The van der Waals surface area contributed by atoms with E-state index in [0.717, 1.165) is 11.4 Å². The predicted octanol–water partition coefficient (Wildman–Crippen LogP) is 3.96. The minimum absolute atomic E-state index is 0.0269. The average Bonchev–Trinajstić information content (AvgIpc) is 2.88. The van der Waals surface area contributed by atoms with Crippen LogP contribution in [0.3, 0.4) is 0 Å². The number of benzene rings is 2. The number of Topliss-reactive ketones (excluding diaryl/α,β-unsaturated/α-hetero) is 1. The van der Waals surface area contributed by atoms with Crippen molar-refractivity contribution < 1.29 is 14.3 Å². The number of para-hydroxylation sites is 3. The number of rotatable bonds is 4. The largest absolute Gasteiger partial charge is 0.495 e. The van der Waals surface area contributed by atoms with Gasteiger partial charge >= 0.3 is 0 Å². The van der Waals surface area contributed by atoms with Gasteiger partial charge < -0.3 is 14.5 Å². The molecule has 2 aromatic carbocycles. The fourth-order valence-corrected chi connectivity index (χ4v) is 5.35. The first kappa shape index (κ1) is 23.9. The van der Waals surface area contributed by atoms with Gasteiger partial charge in [0.05, 0.1) is 12.8 Å². The smallest absolute Gasteiger partial charge is 0.268 e. The van der Waals surface area contributed by atoms with E-state index in [2.05, 4.69) is 4.90 Å². The Morgan fingerprint density at radius 2 is 1.56 bits per heavy atom. The summed E-state index contributed by atoms with van der Waals surface area (Å²) < 4.78 is 6.96. The van der Waals surface area contributed by atoms with E-state index in [4.69, 9.17) is 4.74 Å². The monoisotopic (exact) mass is 485 g/mol. The zero-order valence-corrected chi connectivity index (χ0v) is 21.0. The third-order valence-corrected chi connectivity index (χ3v) is 7.15. The number of aromatic nitrogens is 1. The second-order valence-electron chi connectivity index (χ2n) is 10.3. The fourth-order valence-electron chi connectivity index (χ4n) is 5.35. The van der Waals surface area contributed by atoms with Gasteiger partial charge in [0.1, 0.15) is 11.3 Å². The molecule has 2 heterocycles. The van der Waals surface area contributed by atoms with Gasteiger partial charge in [-0.1, -0.05) is 44.2 Å². The van der Waals surface area contributed by atoms with Crippen LogP contribution in [0.25, 0.3) is 5.69 Å².